The van der Waals surface area contributed by atoms with E-state index < -0.39 is 0 Å². The smallest absolute Gasteiger partial charge is 0.274 e. The van der Waals surface area contributed by atoms with Crippen molar-refractivity contribution in [2.45, 2.75) is 19.8 Å². The maximum absolute atomic E-state index is 12.4. The molecule has 118 valence electrons. The van der Waals surface area contributed by atoms with E-state index in [1.54, 1.807) is 30.3 Å². The van der Waals surface area contributed by atoms with Gasteiger partial charge in [0.15, 0.2) is 5.78 Å². The van der Waals surface area contributed by atoms with Crippen molar-refractivity contribution in [2.75, 3.05) is 23.3 Å². The van der Waals surface area contributed by atoms with Crippen LogP contribution in [-0.2, 0) is 0 Å². The van der Waals surface area contributed by atoms with E-state index in [1.165, 1.54) is 13.3 Å². The Hall–Kier alpha value is -2.76. The van der Waals surface area contributed by atoms with Crippen molar-refractivity contribution in [3.63, 3.8) is 0 Å². The Morgan fingerprint density at radius 2 is 1.91 bits per heavy atom. The number of aromatic nitrogens is 2. The number of hydrogen-bond acceptors (Lipinski definition) is 5. The van der Waals surface area contributed by atoms with Crippen molar-refractivity contribution in [1.29, 1.82) is 0 Å². The first kappa shape index (κ1) is 15.1. The van der Waals surface area contributed by atoms with Gasteiger partial charge in [0.25, 0.3) is 5.91 Å². The first-order valence-electron chi connectivity index (χ1n) is 7.63. The van der Waals surface area contributed by atoms with Gasteiger partial charge in [0.1, 0.15) is 17.8 Å². The Labute approximate surface area is 134 Å². The zero-order valence-electron chi connectivity index (χ0n) is 13.0. The maximum Gasteiger partial charge on any atom is 0.274 e. The van der Waals surface area contributed by atoms with Crippen LogP contribution in [0.5, 0.6) is 0 Å². The molecular weight excluding hydrogens is 292 g/mol. The number of rotatable bonds is 4. The molecule has 6 nitrogen and oxygen atoms in total. The number of carbonyl (C=O) groups excluding carboxylic acids is 2. The molecule has 1 aromatic heterocycles. The van der Waals surface area contributed by atoms with Gasteiger partial charge in [0, 0.05) is 30.4 Å². The second-order valence-corrected chi connectivity index (χ2v) is 5.55. The molecule has 1 aliphatic rings. The minimum atomic E-state index is -0.312. The lowest BCUT2D eigenvalue weighted by atomic mass is 10.1. The van der Waals surface area contributed by atoms with Crippen molar-refractivity contribution in [3.05, 3.63) is 47.9 Å². The Kier molecular flexibility index (Phi) is 4.32. The van der Waals surface area contributed by atoms with Crippen LogP contribution in [0.4, 0.5) is 11.5 Å². The van der Waals surface area contributed by atoms with Gasteiger partial charge in [-0.1, -0.05) is 12.1 Å². The average Bonchev–Trinajstić information content (AvgIpc) is 3.10. The fourth-order valence-electron chi connectivity index (χ4n) is 2.60. The van der Waals surface area contributed by atoms with Crippen LogP contribution in [-0.4, -0.2) is 34.7 Å². The molecular formula is C17H18N4O2. The zero-order valence-corrected chi connectivity index (χ0v) is 13.0. The minimum Gasteiger partial charge on any atom is -0.357 e. The van der Waals surface area contributed by atoms with E-state index in [2.05, 4.69) is 20.2 Å². The fourth-order valence-corrected chi connectivity index (χ4v) is 2.60. The third-order valence-corrected chi connectivity index (χ3v) is 3.84. The van der Waals surface area contributed by atoms with E-state index in [1.807, 2.05) is 0 Å². The maximum atomic E-state index is 12.4. The zero-order chi connectivity index (χ0) is 16.2. The molecule has 0 spiro atoms. The van der Waals surface area contributed by atoms with Crippen molar-refractivity contribution in [2.24, 2.45) is 0 Å². The van der Waals surface area contributed by atoms with Gasteiger partial charge in [-0.3, -0.25) is 9.59 Å². The largest absolute Gasteiger partial charge is 0.357 e. The average molecular weight is 310 g/mol. The Bertz CT molecular complexity index is 739. The molecule has 2 heterocycles. The van der Waals surface area contributed by atoms with Gasteiger partial charge < -0.3 is 10.2 Å². The van der Waals surface area contributed by atoms with Crippen molar-refractivity contribution < 1.29 is 9.59 Å². The summed E-state index contributed by atoms with van der Waals surface area (Å²) in [6, 6.07) is 8.56. The summed E-state index contributed by atoms with van der Waals surface area (Å²) in [5.74, 6) is 0.424. The van der Waals surface area contributed by atoms with Crippen LogP contribution < -0.4 is 10.2 Å². The number of amides is 1. The lowest BCUT2D eigenvalue weighted by Gasteiger charge is -2.16. The molecule has 0 aliphatic carbocycles. The molecule has 0 unspecified atom stereocenters. The third-order valence-electron chi connectivity index (χ3n) is 3.84. The summed E-state index contributed by atoms with van der Waals surface area (Å²) in [6.45, 7) is 3.41. The summed E-state index contributed by atoms with van der Waals surface area (Å²) in [4.78, 5) is 34.2. The number of carbonyl (C=O) groups is 2. The molecule has 0 radical (unpaired) electrons. The van der Waals surface area contributed by atoms with E-state index >= 15 is 0 Å². The highest BCUT2D eigenvalue weighted by Crippen LogP contribution is 2.18. The number of anilines is 2. The van der Waals surface area contributed by atoms with Gasteiger partial charge in [0.2, 0.25) is 0 Å². The molecule has 1 aliphatic heterocycles. The normalized spacial score (nSPS) is 13.9. The van der Waals surface area contributed by atoms with E-state index in [0.717, 1.165) is 31.7 Å². The lowest BCUT2D eigenvalue weighted by molar-refractivity contribution is 0.100. The first-order chi connectivity index (χ1) is 11.1. The second kappa shape index (κ2) is 6.56. The van der Waals surface area contributed by atoms with E-state index in [4.69, 9.17) is 0 Å². The number of Topliss-reactive ketones (excluding diaryl/α,β-unsaturated/α-hetero) is 1. The molecule has 0 bridgehead atoms. The number of hydrogen-bond donors (Lipinski definition) is 1. The second-order valence-electron chi connectivity index (χ2n) is 5.55. The Balaban J connectivity index is 1.76. The van der Waals surface area contributed by atoms with Gasteiger partial charge in [-0.2, -0.15) is 0 Å². The highest BCUT2D eigenvalue weighted by atomic mass is 16.2. The van der Waals surface area contributed by atoms with Crippen LogP contribution in [0.25, 0.3) is 0 Å². The minimum absolute atomic E-state index is 0.0422. The van der Waals surface area contributed by atoms with Crippen molar-refractivity contribution in [1.82, 2.24) is 9.97 Å². The first-order valence-corrected chi connectivity index (χ1v) is 7.63. The molecule has 6 heteroatoms. The highest BCUT2D eigenvalue weighted by molar-refractivity contribution is 6.04. The van der Waals surface area contributed by atoms with E-state index in [9.17, 15) is 9.59 Å². The number of benzene rings is 1. The molecule has 0 atom stereocenters. The SMILES string of the molecule is CC(=O)c1cccc(NC(=O)c2cc(N3CCCC3)ncn2)c1. The monoisotopic (exact) mass is 310 g/mol. The summed E-state index contributed by atoms with van der Waals surface area (Å²) in [5.41, 5.74) is 1.45. The third kappa shape index (κ3) is 3.53. The summed E-state index contributed by atoms with van der Waals surface area (Å²) in [6.07, 6.45) is 3.70. The Morgan fingerprint density at radius 1 is 1.13 bits per heavy atom. The van der Waals surface area contributed by atoms with Crippen LogP contribution in [0.2, 0.25) is 0 Å². The molecule has 1 N–H and O–H groups in total. The standard InChI is InChI=1S/C17H18N4O2/c1-12(22)13-5-4-6-14(9-13)20-17(23)15-10-16(19-11-18-15)21-7-2-3-8-21/h4-6,9-11H,2-3,7-8H2,1H3,(H,20,23). The van der Waals surface area contributed by atoms with Crippen molar-refractivity contribution in [3.8, 4) is 0 Å². The van der Waals surface area contributed by atoms with E-state index in [-0.39, 0.29) is 11.7 Å². The van der Waals surface area contributed by atoms with Gasteiger partial charge in [-0.05, 0) is 31.9 Å². The molecule has 1 amide bonds. The molecule has 23 heavy (non-hydrogen) atoms. The summed E-state index contributed by atoms with van der Waals surface area (Å²) >= 11 is 0. The molecule has 1 fully saturated rings. The van der Waals surface area contributed by atoms with Crippen LogP contribution in [0.15, 0.2) is 36.7 Å². The van der Waals surface area contributed by atoms with Crippen LogP contribution in [0.3, 0.4) is 0 Å². The molecule has 3 rings (SSSR count). The quantitative estimate of drug-likeness (QED) is 0.878. The van der Waals surface area contributed by atoms with Crippen LogP contribution in [0, 0.1) is 0 Å². The predicted molar refractivity (Wildman–Crippen MR) is 87.9 cm³/mol. The summed E-state index contributed by atoms with van der Waals surface area (Å²) < 4.78 is 0. The lowest BCUT2D eigenvalue weighted by Crippen LogP contribution is -2.21. The van der Waals surface area contributed by atoms with Gasteiger partial charge in [-0.25, -0.2) is 9.97 Å². The van der Waals surface area contributed by atoms with Crippen LogP contribution >= 0.6 is 0 Å². The predicted octanol–water partition coefficient (Wildman–Crippen LogP) is 2.53. The van der Waals surface area contributed by atoms with Crippen molar-refractivity contribution >= 4 is 23.2 Å². The van der Waals surface area contributed by atoms with Gasteiger partial charge in [0.05, 0.1) is 0 Å². The Morgan fingerprint density at radius 3 is 2.65 bits per heavy atom. The summed E-state index contributed by atoms with van der Waals surface area (Å²) in [7, 11) is 0. The molecule has 2 aromatic rings. The molecule has 1 aromatic carbocycles. The van der Waals surface area contributed by atoms with Gasteiger partial charge >= 0.3 is 0 Å². The number of nitrogens with one attached hydrogen (secondary N) is 1. The molecule has 0 saturated carbocycles. The van der Waals surface area contributed by atoms with Crippen LogP contribution in [0.1, 0.15) is 40.6 Å². The fraction of sp³-hybridized carbons (Fsp3) is 0.294. The van der Waals surface area contributed by atoms with E-state index in [0.29, 0.717) is 16.9 Å². The van der Waals surface area contributed by atoms with Gasteiger partial charge in [-0.15, -0.1) is 0 Å². The number of nitrogens with zero attached hydrogens (tertiary/aromatic N) is 3. The summed E-state index contributed by atoms with van der Waals surface area (Å²) in [5, 5.41) is 2.77. The molecule has 1 saturated heterocycles. The number of ketones is 1. The highest BCUT2D eigenvalue weighted by Gasteiger charge is 2.16. The topological polar surface area (TPSA) is 75.2 Å².